The normalized spacial score (nSPS) is 11.5. The molecule has 6 heteroatoms. The van der Waals surface area contributed by atoms with Crippen LogP contribution in [0.3, 0.4) is 0 Å². The van der Waals surface area contributed by atoms with Crippen LogP contribution in [-0.4, -0.2) is 9.13 Å². The molecule has 3 nitrogen and oxygen atoms in total. The zero-order valence-electron chi connectivity index (χ0n) is 35.8. The smallest absolute Gasteiger partial charge is 0.166 e. The Hall–Kier alpha value is -8.92. The van der Waals surface area contributed by atoms with Crippen molar-refractivity contribution in [1.82, 2.24) is 9.13 Å². The molecule has 0 saturated heterocycles. The van der Waals surface area contributed by atoms with Crippen LogP contribution >= 0.6 is 0 Å². The van der Waals surface area contributed by atoms with Crippen LogP contribution in [-0.2, 0) is 0 Å². The number of rotatable bonds is 7. The van der Waals surface area contributed by atoms with E-state index in [9.17, 15) is 5.26 Å². The summed E-state index contributed by atoms with van der Waals surface area (Å²) in [5.41, 5.74) is 12.1. The number of nitrogens with zero attached hydrogens (tertiary/aromatic N) is 3. The first-order chi connectivity index (χ1) is 32.9. The first-order valence-electron chi connectivity index (χ1n) is 22.0. The molecule has 0 bridgehead atoms. The molecule has 67 heavy (non-hydrogen) atoms. The van der Waals surface area contributed by atoms with Crippen molar-refractivity contribution >= 4 is 43.6 Å². The molecule has 2 aromatic heterocycles. The van der Waals surface area contributed by atoms with Gasteiger partial charge in [-0.3, -0.25) is 0 Å². The molecule has 0 unspecified atom stereocenters. The van der Waals surface area contributed by atoms with Crippen molar-refractivity contribution in [2.24, 2.45) is 0 Å². The topological polar surface area (TPSA) is 33.6 Å². The van der Waals surface area contributed by atoms with E-state index in [1.54, 1.807) is 12.1 Å². The maximum atomic E-state index is 16.4. The summed E-state index contributed by atoms with van der Waals surface area (Å²) in [6.45, 7) is 0. The maximum absolute atomic E-state index is 16.4. The molecule has 0 N–H and O–H groups in total. The first kappa shape index (κ1) is 39.7. The van der Waals surface area contributed by atoms with Gasteiger partial charge >= 0.3 is 0 Å². The van der Waals surface area contributed by atoms with E-state index in [-0.39, 0.29) is 16.7 Å². The van der Waals surface area contributed by atoms with E-state index in [0.717, 1.165) is 94.2 Å². The summed E-state index contributed by atoms with van der Waals surface area (Å²) in [5.74, 6) is -3.42. The Morgan fingerprint density at radius 2 is 0.657 bits per heavy atom. The van der Waals surface area contributed by atoms with Gasteiger partial charge < -0.3 is 9.13 Å². The van der Waals surface area contributed by atoms with Crippen molar-refractivity contribution < 1.29 is 13.2 Å². The molecule has 12 aromatic rings. The van der Waals surface area contributed by atoms with Crippen LogP contribution in [0.5, 0.6) is 0 Å². The molecule has 2 heterocycles. The van der Waals surface area contributed by atoms with Gasteiger partial charge in [0.15, 0.2) is 11.6 Å². The van der Waals surface area contributed by atoms with Gasteiger partial charge in [0.25, 0.3) is 0 Å². The van der Waals surface area contributed by atoms with Crippen molar-refractivity contribution in [1.29, 1.82) is 5.26 Å². The summed E-state index contributed by atoms with van der Waals surface area (Å²) in [6.07, 6.45) is 0. The Morgan fingerprint density at radius 1 is 0.328 bits per heavy atom. The minimum atomic E-state index is -1.31. The van der Waals surface area contributed by atoms with Gasteiger partial charge in [0.05, 0.1) is 33.4 Å². The predicted molar refractivity (Wildman–Crippen MR) is 267 cm³/mol. The molecular formula is C61H36F3N3. The van der Waals surface area contributed by atoms with Crippen LogP contribution in [0.25, 0.3) is 111 Å². The van der Waals surface area contributed by atoms with Crippen LogP contribution in [0.4, 0.5) is 13.2 Å². The number of benzene rings is 10. The minimum absolute atomic E-state index is 0.196. The SMILES string of the molecule is N#Cc1c(-n2c3cc(-c4ccccc4)ccc3c3ccc(-c4ccccc4)cc32)cc(-c2cc(F)cc(F)c2F)cc1-n1c2cc(-c3ccccc3)ccc2c2ccc(-c3ccccc3)cc21. The van der Waals surface area contributed by atoms with Crippen molar-refractivity contribution in [3.05, 3.63) is 241 Å². The quantitative estimate of drug-likeness (QED) is 0.147. The molecule has 0 fully saturated rings. The molecule has 10 aromatic carbocycles. The summed E-state index contributed by atoms with van der Waals surface area (Å²) in [5, 5.41) is 15.5. The van der Waals surface area contributed by atoms with Gasteiger partial charge in [0, 0.05) is 33.2 Å². The molecule has 0 radical (unpaired) electrons. The zero-order valence-corrected chi connectivity index (χ0v) is 35.8. The lowest BCUT2D eigenvalue weighted by molar-refractivity contribution is 0.497. The van der Waals surface area contributed by atoms with Crippen LogP contribution in [0.15, 0.2) is 218 Å². The molecule has 0 saturated carbocycles. The number of hydrogen-bond acceptors (Lipinski definition) is 1. The number of fused-ring (bicyclic) bond motifs is 6. The lowest BCUT2D eigenvalue weighted by Gasteiger charge is -2.19. The number of nitriles is 1. The highest BCUT2D eigenvalue weighted by molar-refractivity contribution is 6.13. The second-order valence-corrected chi connectivity index (χ2v) is 16.8. The summed E-state index contributed by atoms with van der Waals surface area (Å²) in [7, 11) is 0. The Balaban J connectivity index is 1.25. The molecule has 12 rings (SSSR count). The highest BCUT2D eigenvalue weighted by atomic mass is 19.2. The molecule has 0 aliphatic carbocycles. The fourth-order valence-electron chi connectivity index (χ4n) is 9.80. The van der Waals surface area contributed by atoms with Crippen molar-refractivity contribution in [2.45, 2.75) is 0 Å². The third-order valence-corrected chi connectivity index (χ3v) is 13.0. The Kier molecular flexibility index (Phi) is 9.44. The lowest BCUT2D eigenvalue weighted by atomic mass is 9.98. The highest BCUT2D eigenvalue weighted by Gasteiger charge is 2.25. The van der Waals surface area contributed by atoms with Crippen LogP contribution in [0.2, 0.25) is 0 Å². The predicted octanol–water partition coefficient (Wildman–Crippen LogP) is 16.5. The second kappa shape index (κ2) is 16.0. The van der Waals surface area contributed by atoms with Gasteiger partial charge in [-0.25, -0.2) is 13.2 Å². The number of aromatic nitrogens is 2. The molecule has 0 atom stereocenters. The third kappa shape index (κ3) is 6.67. The average Bonchev–Trinajstić information content (AvgIpc) is 3.89. The Morgan fingerprint density at radius 3 is 0.970 bits per heavy atom. The van der Waals surface area contributed by atoms with E-state index in [1.165, 1.54) is 0 Å². The molecule has 0 aliphatic heterocycles. The molecule has 0 spiro atoms. The van der Waals surface area contributed by atoms with Gasteiger partial charge in [-0.2, -0.15) is 5.26 Å². The molecule has 316 valence electrons. The summed E-state index contributed by atoms with van der Waals surface area (Å²) in [4.78, 5) is 0. The van der Waals surface area contributed by atoms with E-state index in [4.69, 9.17) is 0 Å². The minimum Gasteiger partial charge on any atom is -0.308 e. The monoisotopic (exact) mass is 867 g/mol. The average molecular weight is 868 g/mol. The van der Waals surface area contributed by atoms with Crippen LogP contribution in [0.1, 0.15) is 5.56 Å². The summed E-state index contributed by atoms with van der Waals surface area (Å²) < 4.78 is 51.2. The van der Waals surface area contributed by atoms with E-state index in [2.05, 4.69) is 137 Å². The maximum Gasteiger partial charge on any atom is 0.166 e. The van der Waals surface area contributed by atoms with Gasteiger partial charge in [-0.05, 0) is 92.5 Å². The number of halogens is 3. The van der Waals surface area contributed by atoms with Crippen LogP contribution in [0, 0.1) is 28.8 Å². The van der Waals surface area contributed by atoms with Gasteiger partial charge in [0.1, 0.15) is 17.4 Å². The Bertz CT molecular complexity index is 3530. The fraction of sp³-hybridized carbons (Fsp3) is 0. The van der Waals surface area contributed by atoms with Crippen LogP contribution < -0.4 is 0 Å². The first-order valence-corrected chi connectivity index (χ1v) is 22.0. The third-order valence-electron chi connectivity index (χ3n) is 13.0. The van der Waals surface area contributed by atoms with E-state index >= 15 is 13.2 Å². The zero-order chi connectivity index (χ0) is 45.2. The fourth-order valence-corrected chi connectivity index (χ4v) is 9.80. The standard InChI is InChI=1S/C61H36F3N3/c62-47-35-52(61(64)54(63)36-47)46-33-59(66-55-29-42(38-13-5-1-6-14-38)21-25-48(55)49-26-22-43(30-56(49)66)39-15-7-2-8-16-39)53(37-65)60(34-46)67-57-31-44(40-17-9-3-10-18-40)23-27-50(57)51-28-24-45(32-58(51)67)41-19-11-4-12-20-41/h1-36H. The van der Waals surface area contributed by atoms with Crippen molar-refractivity contribution in [2.75, 3.05) is 0 Å². The van der Waals surface area contributed by atoms with E-state index in [1.807, 2.05) is 72.8 Å². The van der Waals surface area contributed by atoms with Crippen molar-refractivity contribution in [3.63, 3.8) is 0 Å². The molecule has 0 aliphatic rings. The second-order valence-electron chi connectivity index (χ2n) is 16.8. The highest BCUT2D eigenvalue weighted by Crippen LogP contribution is 2.44. The van der Waals surface area contributed by atoms with Crippen molar-refractivity contribution in [3.8, 4) is 73.1 Å². The van der Waals surface area contributed by atoms with E-state index in [0.29, 0.717) is 17.4 Å². The van der Waals surface area contributed by atoms with E-state index < -0.39 is 17.5 Å². The Labute approximate surface area is 384 Å². The van der Waals surface area contributed by atoms with Gasteiger partial charge in [-0.15, -0.1) is 0 Å². The summed E-state index contributed by atoms with van der Waals surface area (Å²) in [6, 6.07) is 73.1. The lowest BCUT2D eigenvalue weighted by Crippen LogP contribution is -2.06. The number of hydrogen-bond donors (Lipinski definition) is 0. The molecular weight excluding hydrogens is 832 g/mol. The molecule has 0 amide bonds. The largest absolute Gasteiger partial charge is 0.308 e. The van der Waals surface area contributed by atoms with Gasteiger partial charge in [0.2, 0.25) is 0 Å². The summed E-state index contributed by atoms with van der Waals surface area (Å²) >= 11 is 0. The van der Waals surface area contributed by atoms with Gasteiger partial charge in [-0.1, -0.05) is 170 Å².